The first-order valence-corrected chi connectivity index (χ1v) is 7.22. The maximum Gasteiger partial charge on any atom is 0.226 e. The van der Waals surface area contributed by atoms with Gasteiger partial charge in [0.05, 0.1) is 13.0 Å². The van der Waals surface area contributed by atoms with Gasteiger partial charge in [0.15, 0.2) is 0 Å². The summed E-state index contributed by atoms with van der Waals surface area (Å²) in [5.41, 5.74) is 2.18. The van der Waals surface area contributed by atoms with Crippen LogP contribution in [0.25, 0.3) is 0 Å². The zero-order valence-electron chi connectivity index (χ0n) is 12.9. The molecule has 0 aromatic heterocycles. The first kappa shape index (κ1) is 16.0. The number of aryl methyl sites for hydroxylation is 1. The van der Waals surface area contributed by atoms with E-state index in [1.165, 1.54) is 17.7 Å². The van der Waals surface area contributed by atoms with Gasteiger partial charge in [-0.1, -0.05) is 29.8 Å². The van der Waals surface area contributed by atoms with Crippen LogP contribution in [0.3, 0.4) is 0 Å². The molecular weight excluding hydrogens is 281 g/mol. The van der Waals surface area contributed by atoms with E-state index in [1.807, 2.05) is 31.2 Å². The Balaban J connectivity index is 1.76. The van der Waals surface area contributed by atoms with Crippen LogP contribution in [0.15, 0.2) is 48.5 Å². The Hall–Kier alpha value is -2.36. The quantitative estimate of drug-likeness (QED) is 0.820. The fourth-order valence-electron chi connectivity index (χ4n) is 1.97. The summed E-state index contributed by atoms with van der Waals surface area (Å²) < 4.78 is 18.3. The van der Waals surface area contributed by atoms with Crippen molar-refractivity contribution in [1.29, 1.82) is 0 Å². The molecule has 2 aromatic carbocycles. The number of hydrogen-bond acceptors (Lipinski definition) is 2. The van der Waals surface area contributed by atoms with Crippen LogP contribution >= 0.6 is 0 Å². The molecule has 0 N–H and O–H groups in total. The molecule has 0 heterocycles. The molecule has 0 aliphatic carbocycles. The lowest BCUT2D eigenvalue weighted by Gasteiger charge is -2.17. The molecule has 0 bridgehead atoms. The fourth-order valence-corrected chi connectivity index (χ4v) is 1.97. The van der Waals surface area contributed by atoms with Crippen LogP contribution in [0.2, 0.25) is 0 Å². The summed E-state index contributed by atoms with van der Waals surface area (Å²) in [6, 6.07) is 13.8. The molecular formula is C18H20FNO2. The highest BCUT2D eigenvalue weighted by Crippen LogP contribution is 2.11. The number of ether oxygens (including phenoxy) is 1. The van der Waals surface area contributed by atoms with Crippen LogP contribution < -0.4 is 4.74 Å². The summed E-state index contributed by atoms with van der Waals surface area (Å²) in [5, 5.41) is 0. The van der Waals surface area contributed by atoms with Crippen molar-refractivity contribution in [2.24, 2.45) is 0 Å². The molecule has 0 spiro atoms. The topological polar surface area (TPSA) is 29.5 Å². The van der Waals surface area contributed by atoms with Crippen molar-refractivity contribution in [2.45, 2.75) is 13.3 Å². The maximum absolute atomic E-state index is 12.8. The van der Waals surface area contributed by atoms with E-state index in [0.29, 0.717) is 25.3 Å². The number of nitrogens with zero attached hydrogens (tertiary/aromatic N) is 1. The van der Waals surface area contributed by atoms with Crippen molar-refractivity contribution in [3.63, 3.8) is 0 Å². The van der Waals surface area contributed by atoms with Gasteiger partial charge in [0, 0.05) is 7.05 Å². The summed E-state index contributed by atoms with van der Waals surface area (Å²) >= 11 is 0. The minimum Gasteiger partial charge on any atom is -0.492 e. The molecule has 0 atom stereocenters. The molecule has 0 saturated carbocycles. The average molecular weight is 301 g/mol. The van der Waals surface area contributed by atoms with E-state index in [-0.39, 0.29) is 11.7 Å². The predicted molar refractivity (Wildman–Crippen MR) is 84.4 cm³/mol. The third kappa shape index (κ3) is 4.88. The van der Waals surface area contributed by atoms with Gasteiger partial charge in [0.25, 0.3) is 0 Å². The fraction of sp³-hybridized carbons (Fsp3) is 0.278. The minimum atomic E-state index is -0.294. The lowest BCUT2D eigenvalue weighted by molar-refractivity contribution is -0.129. The standard InChI is InChI=1S/C18H20FNO2/c1-14-3-5-15(6-4-14)13-18(21)20(2)11-12-22-17-9-7-16(19)8-10-17/h3-10H,11-13H2,1-2H3. The molecule has 0 aliphatic rings. The summed E-state index contributed by atoms with van der Waals surface area (Å²) in [6.07, 6.45) is 0.382. The van der Waals surface area contributed by atoms with Gasteiger partial charge in [0.1, 0.15) is 18.2 Å². The molecule has 0 aliphatic heterocycles. The molecule has 0 radical (unpaired) electrons. The van der Waals surface area contributed by atoms with Crippen molar-refractivity contribution in [2.75, 3.05) is 20.2 Å². The molecule has 1 amide bonds. The summed E-state index contributed by atoms with van der Waals surface area (Å²) in [5.74, 6) is 0.352. The Morgan fingerprint density at radius 2 is 1.73 bits per heavy atom. The first-order chi connectivity index (χ1) is 10.5. The van der Waals surface area contributed by atoms with Gasteiger partial charge in [-0.3, -0.25) is 4.79 Å². The van der Waals surface area contributed by atoms with Gasteiger partial charge in [-0.25, -0.2) is 4.39 Å². The number of halogens is 1. The maximum atomic E-state index is 12.8. The predicted octanol–water partition coefficient (Wildman–Crippen LogP) is 3.21. The van der Waals surface area contributed by atoms with Gasteiger partial charge < -0.3 is 9.64 Å². The Labute approximate surface area is 130 Å². The normalized spacial score (nSPS) is 10.3. The number of likely N-dealkylation sites (N-methyl/N-ethyl adjacent to an activating group) is 1. The Kier molecular flexibility index (Phi) is 5.53. The van der Waals surface area contributed by atoms with E-state index in [2.05, 4.69) is 0 Å². The third-order valence-electron chi connectivity index (χ3n) is 3.41. The molecule has 116 valence electrons. The molecule has 2 aromatic rings. The van der Waals surface area contributed by atoms with E-state index >= 15 is 0 Å². The van der Waals surface area contributed by atoms with Crippen LogP contribution in [-0.2, 0) is 11.2 Å². The van der Waals surface area contributed by atoms with Crippen molar-refractivity contribution in [1.82, 2.24) is 4.90 Å². The van der Waals surface area contributed by atoms with E-state index in [1.54, 1.807) is 24.1 Å². The molecule has 2 rings (SSSR count). The van der Waals surface area contributed by atoms with Gasteiger partial charge in [-0.2, -0.15) is 0 Å². The summed E-state index contributed by atoms with van der Waals surface area (Å²) in [6.45, 7) is 2.88. The summed E-state index contributed by atoms with van der Waals surface area (Å²) in [4.78, 5) is 13.7. The van der Waals surface area contributed by atoms with E-state index in [4.69, 9.17) is 4.74 Å². The number of hydrogen-bond donors (Lipinski definition) is 0. The highest BCUT2D eigenvalue weighted by atomic mass is 19.1. The number of benzene rings is 2. The second-order valence-corrected chi connectivity index (χ2v) is 5.28. The van der Waals surface area contributed by atoms with Crippen LogP contribution in [0.5, 0.6) is 5.75 Å². The molecule has 0 saturated heterocycles. The highest BCUT2D eigenvalue weighted by Gasteiger charge is 2.09. The van der Waals surface area contributed by atoms with Gasteiger partial charge >= 0.3 is 0 Å². The first-order valence-electron chi connectivity index (χ1n) is 7.22. The largest absolute Gasteiger partial charge is 0.492 e. The molecule has 0 unspecified atom stereocenters. The van der Waals surface area contributed by atoms with Crippen LogP contribution in [-0.4, -0.2) is 31.0 Å². The lowest BCUT2D eigenvalue weighted by atomic mass is 10.1. The monoisotopic (exact) mass is 301 g/mol. The number of carbonyl (C=O) groups is 1. The van der Waals surface area contributed by atoms with Gasteiger partial charge in [-0.05, 0) is 36.8 Å². The van der Waals surface area contributed by atoms with Crippen molar-refractivity contribution in [3.05, 3.63) is 65.5 Å². The third-order valence-corrected chi connectivity index (χ3v) is 3.41. The number of rotatable bonds is 6. The van der Waals surface area contributed by atoms with Crippen LogP contribution in [0.4, 0.5) is 4.39 Å². The summed E-state index contributed by atoms with van der Waals surface area (Å²) in [7, 11) is 1.75. The Morgan fingerprint density at radius 1 is 1.09 bits per heavy atom. The Morgan fingerprint density at radius 3 is 2.36 bits per heavy atom. The lowest BCUT2D eigenvalue weighted by Crippen LogP contribution is -2.32. The molecule has 22 heavy (non-hydrogen) atoms. The number of amides is 1. The molecule has 4 heteroatoms. The second-order valence-electron chi connectivity index (χ2n) is 5.28. The van der Waals surface area contributed by atoms with Crippen molar-refractivity contribution < 1.29 is 13.9 Å². The smallest absolute Gasteiger partial charge is 0.226 e. The SMILES string of the molecule is Cc1ccc(CC(=O)N(C)CCOc2ccc(F)cc2)cc1. The van der Waals surface area contributed by atoms with Crippen molar-refractivity contribution in [3.8, 4) is 5.75 Å². The second kappa shape index (κ2) is 7.59. The minimum absolute atomic E-state index is 0.0477. The van der Waals surface area contributed by atoms with Crippen LogP contribution in [0, 0.1) is 12.7 Å². The highest BCUT2D eigenvalue weighted by molar-refractivity contribution is 5.78. The van der Waals surface area contributed by atoms with E-state index < -0.39 is 0 Å². The zero-order valence-corrected chi connectivity index (χ0v) is 12.9. The van der Waals surface area contributed by atoms with Gasteiger partial charge in [0.2, 0.25) is 5.91 Å². The zero-order chi connectivity index (χ0) is 15.9. The van der Waals surface area contributed by atoms with E-state index in [9.17, 15) is 9.18 Å². The van der Waals surface area contributed by atoms with Gasteiger partial charge in [-0.15, -0.1) is 0 Å². The van der Waals surface area contributed by atoms with E-state index in [0.717, 1.165) is 5.56 Å². The number of carbonyl (C=O) groups excluding carboxylic acids is 1. The average Bonchev–Trinajstić information content (AvgIpc) is 2.51. The van der Waals surface area contributed by atoms with Crippen LogP contribution in [0.1, 0.15) is 11.1 Å². The molecule has 0 fully saturated rings. The Bertz CT molecular complexity index is 608. The molecule has 3 nitrogen and oxygen atoms in total. The van der Waals surface area contributed by atoms with Crippen molar-refractivity contribution >= 4 is 5.91 Å².